The van der Waals surface area contributed by atoms with Gasteiger partial charge in [0.05, 0.1) is 6.04 Å². The quantitative estimate of drug-likeness (QED) is 0.253. The van der Waals surface area contributed by atoms with Gasteiger partial charge in [-0.15, -0.1) is 0 Å². The summed E-state index contributed by atoms with van der Waals surface area (Å²) in [5.74, 6) is 0.755. The van der Waals surface area contributed by atoms with E-state index in [1.165, 1.54) is 0 Å². The van der Waals surface area contributed by atoms with Crippen molar-refractivity contribution in [1.29, 1.82) is 0 Å². The number of aromatic nitrogens is 3. The van der Waals surface area contributed by atoms with Crippen molar-refractivity contribution in [3.63, 3.8) is 0 Å². The number of rotatable bonds is 8. The second-order valence-electron chi connectivity index (χ2n) is 9.37. The van der Waals surface area contributed by atoms with E-state index in [1.807, 2.05) is 62.4 Å². The molecule has 9 nitrogen and oxygen atoms in total. The average molecular weight is 498 g/mol. The molecule has 0 radical (unpaired) electrons. The molecule has 9 heteroatoms. The van der Waals surface area contributed by atoms with Crippen LogP contribution in [-0.2, 0) is 17.6 Å². The van der Waals surface area contributed by atoms with Crippen molar-refractivity contribution >= 4 is 34.5 Å². The van der Waals surface area contributed by atoms with E-state index in [9.17, 15) is 9.59 Å². The van der Waals surface area contributed by atoms with Crippen LogP contribution in [0.3, 0.4) is 0 Å². The lowest BCUT2D eigenvalue weighted by atomic mass is 10.0. The number of imidazole rings is 1. The number of aryl methyl sites for hydroxylation is 2. The summed E-state index contributed by atoms with van der Waals surface area (Å²) in [4.78, 5) is 38.0. The minimum absolute atomic E-state index is 0.0437. The maximum Gasteiger partial charge on any atom is 0.251 e. The summed E-state index contributed by atoms with van der Waals surface area (Å²) in [6.45, 7) is 4.26. The maximum atomic E-state index is 13.2. The molecule has 190 valence electrons. The third kappa shape index (κ3) is 5.25. The Kier molecular flexibility index (Phi) is 6.76. The van der Waals surface area contributed by atoms with Crippen molar-refractivity contribution < 1.29 is 9.59 Å². The van der Waals surface area contributed by atoms with Crippen LogP contribution in [0.1, 0.15) is 52.3 Å². The number of pyridine rings is 1. The van der Waals surface area contributed by atoms with Crippen LogP contribution in [0.5, 0.6) is 0 Å². The molecule has 0 bridgehead atoms. The van der Waals surface area contributed by atoms with Crippen LogP contribution in [0.4, 0.5) is 11.5 Å². The topological polar surface area (TPSA) is 138 Å². The summed E-state index contributed by atoms with van der Waals surface area (Å²) in [6.07, 6.45) is 1.88. The standard InChI is InChI=1S/C28H31N7O2/c1-3-30-28(37)22(11-9-17-7-5-4-6-8-17)34-27(36)18-10-12-21-19(13-18)14-23(33-21)20-15-24(29)35-26-25(20)31-16(2)32-26/h4-8,10,12-13,15,22-23,33H,3,9,11,14H2,1-2H3,(H,30,37)(H,34,36)(H3,29,31,32,35)/t22-,23?/m1/s1. The predicted molar refractivity (Wildman–Crippen MR) is 144 cm³/mol. The third-order valence-corrected chi connectivity index (χ3v) is 6.65. The molecule has 3 heterocycles. The van der Waals surface area contributed by atoms with Crippen LogP contribution in [0.2, 0.25) is 0 Å². The maximum absolute atomic E-state index is 13.2. The smallest absolute Gasteiger partial charge is 0.251 e. The number of hydrogen-bond acceptors (Lipinski definition) is 6. The molecule has 37 heavy (non-hydrogen) atoms. The van der Waals surface area contributed by atoms with Gasteiger partial charge in [0.2, 0.25) is 5.91 Å². The molecule has 0 fully saturated rings. The minimum Gasteiger partial charge on any atom is -0.384 e. The molecule has 5 rings (SSSR count). The Balaban J connectivity index is 1.32. The number of carbonyl (C=O) groups is 2. The van der Waals surface area contributed by atoms with Crippen molar-refractivity contribution in [3.8, 4) is 0 Å². The zero-order valence-electron chi connectivity index (χ0n) is 21.0. The van der Waals surface area contributed by atoms with Crippen molar-refractivity contribution in [2.45, 2.75) is 45.2 Å². The van der Waals surface area contributed by atoms with E-state index in [1.54, 1.807) is 6.07 Å². The van der Waals surface area contributed by atoms with Crippen LogP contribution < -0.4 is 21.7 Å². The first-order valence-electron chi connectivity index (χ1n) is 12.6. The van der Waals surface area contributed by atoms with Crippen LogP contribution in [0.25, 0.3) is 11.2 Å². The molecule has 4 aromatic rings. The number of likely N-dealkylation sites (N-methyl/N-ethyl adjacent to an activating group) is 1. The number of amides is 2. The number of fused-ring (bicyclic) bond motifs is 2. The Labute approximate surface area is 215 Å². The van der Waals surface area contributed by atoms with E-state index in [0.717, 1.165) is 33.7 Å². The largest absolute Gasteiger partial charge is 0.384 e. The number of nitrogens with zero attached hydrogens (tertiary/aromatic N) is 2. The number of anilines is 2. The summed E-state index contributed by atoms with van der Waals surface area (Å²) in [5, 5.41) is 9.31. The van der Waals surface area contributed by atoms with Gasteiger partial charge in [-0.3, -0.25) is 9.59 Å². The Morgan fingerprint density at radius 1 is 1.14 bits per heavy atom. The van der Waals surface area contributed by atoms with Gasteiger partial charge in [0.15, 0.2) is 5.65 Å². The van der Waals surface area contributed by atoms with Gasteiger partial charge in [-0.25, -0.2) is 9.97 Å². The molecule has 2 aromatic carbocycles. The minimum atomic E-state index is -0.622. The molecule has 1 aliphatic heterocycles. The van der Waals surface area contributed by atoms with Crippen LogP contribution >= 0.6 is 0 Å². The van der Waals surface area contributed by atoms with Crippen LogP contribution in [0.15, 0.2) is 54.6 Å². The van der Waals surface area contributed by atoms with E-state index in [4.69, 9.17) is 5.73 Å². The monoisotopic (exact) mass is 497 g/mol. The molecule has 0 aliphatic carbocycles. The predicted octanol–water partition coefficient (Wildman–Crippen LogP) is 3.43. The molecular formula is C28H31N7O2. The summed E-state index contributed by atoms with van der Waals surface area (Å²) in [5.41, 5.74) is 12.1. The Morgan fingerprint density at radius 2 is 1.95 bits per heavy atom. The molecule has 0 spiro atoms. The summed E-state index contributed by atoms with van der Waals surface area (Å²) in [6, 6.07) is 16.7. The zero-order chi connectivity index (χ0) is 25.9. The van der Waals surface area contributed by atoms with Gasteiger partial charge in [0.1, 0.15) is 23.2 Å². The summed E-state index contributed by atoms with van der Waals surface area (Å²) < 4.78 is 0. The van der Waals surface area contributed by atoms with Gasteiger partial charge < -0.3 is 26.7 Å². The molecular weight excluding hydrogens is 466 g/mol. The number of hydrogen-bond donors (Lipinski definition) is 5. The van der Waals surface area contributed by atoms with Crippen LogP contribution in [0, 0.1) is 6.92 Å². The summed E-state index contributed by atoms with van der Waals surface area (Å²) in [7, 11) is 0. The van der Waals surface area contributed by atoms with Gasteiger partial charge in [-0.2, -0.15) is 0 Å². The number of nitrogen functional groups attached to an aromatic ring is 1. The molecule has 1 aliphatic rings. The zero-order valence-corrected chi connectivity index (χ0v) is 21.0. The van der Waals surface area contributed by atoms with Gasteiger partial charge in [-0.1, -0.05) is 30.3 Å². The fraction of sp³-hybridized carbons (Fsp3) is 0.286. The molecule has 2 aromatic heterocycles. The highest BCUT2D eigenvalue weighted by Gasteiger charge is 2.27. The van der Waals surface area contributed by atoms with Crippen molar-refractivity contribution in [2.75, 3.05) is 17.6 Å². The van der Waals surface area contributed by atoms with Gasteiger partial charge in [0, 0.05) is 23.4 Å². The van der Waals surface area contributed by atoms with Gasteiger partial charge >= 0.3 is 0 Å². The Bertz CT molecular complexity index is 1450. The number of benzene rings is 2. The first-order valence-corrected chi connectivity index (χ1v) is 12.6. The highest BCUT2D eigenvalue weighted by Crippen LogP contribution is 2.37. The molecule has 0 saturated heterocycles. The second kappa shape index (κ2) is 10.3. The van der Waals surface area contributed by atoms with Crippen molar-refractivity contribution in [2.24, 2.45) is 0 Å². The lowest BCUT2D eigenvalue weighted by Crippen LogP contribution is -2.47. The van der Waals surface area contributed by atoms with E-state index >= 15 is 0 Å². The second-order valence-corrected chi connectivity index (χ2v) is 9.37. The molecule has 6 N–H and O–H groups in total. The van der Waals surface area contributed by atoms with E-state index in [0.29, 0.717) is 42.8 Å². The lowest BCUT2D eigenvalue weighted by molar-refractivity contribution is -0.123. The first-order chi connectivity index (χ1) is 17.9. The molecule has 2 atom stereocenters. The number of nitrogens with two attached hydrogens (primary N) is 1. The number of aromatic amines is 1. The normalized spacial score (nSPS) is 15.1. The van der Waals surface area contributed by atoms with Crippen LogP contribution in [-0.4, -0.2) is 39.4 Å². The van der Waals surface area contributed by atoms with Gasteiger partial charge in [-0.05, 0) is 68.5 Å². The molecule has 2 amide bonds. The number of H-pyrrole nitrogens is 1. The average Bonchev–Trinajstić information content (AvgIpc) is 3.48. The van der Waals surface area contributed by atoms with E-state index in [-0.39, 0.29) is 17.9 Å². The number of carbonyl (C=O) groups excluding carboxylic acids is 2. The van der Waals surface area contributed by atoms with Gasteiger partial charge in [0.25, 0.3) is 5.91 Å². The van der Waals surface area contributed by atoms with Crippen molar-refractivity contribution in [1.82, 2.24) is 25.6 Å². The van der Waals surface area contributed by atoms with E-state index in [2.05, 4.69) is 30.9 Å². The first kappa shape index (κ1) is 24.3. The Hall–Kier alpha value is -4.40. The molecule has 1 unspecified atom stereocenters. The summed E-state index contributed by atoms with van der Waals surface area (Å²) >= 11 is 0. The Morgan fingerprint density at radius 3 is 2.73 bits per heavy atom. The highest BCUT2D eigenvalue weighted by molar-refractivity contribution is 5.98. The molecule has 0 saturated carbocycles. The fourth-order valence-electron chi connectivity index (χ4n) is 4.87. The van der Waals surface area contributed by atoms with E-state index < -0.39 is 6.04 Å². The third-order valence-electron chi connectivity index (χ3n) is 6.65. The number of nitrogens with one attached hydrogen (secondary N) is 4. The SMILES string of the molecule is CCNC(=O)[C@@H](CCc1ccccc1)NC(=O)c1ccc2c(c1)CC(c1cc(N)nc3[nH]c(C)nc13)N2. The fourth-order valence-corrected chi connectivity index (χ4v) is 4.87. The van der Waals surface area contributed by atoms with Crippen molar-refractivity contribution in [3.05, 3.63) is 82.7 Å². The lowest BCUT2D eigenvalue weighted by Gasteiger charge is -2.18. The highest BCUT2D eigenvalue weighted by atomic mass is 16.2.